The van der Waals surface area contributed by atoms with Gasteiger partial charge < -0.3 is 15.5 Å². The van der Waals surface area contributed by atoms with Gasteiger partial charge in [0.25, 0.3) is 0 Å². The summed E-state index contributed by atoms with van der Waals surface area (Å²) in [5, 5.41) is 11.5. The fourth-order valence-corrected chi connectivity index (χ4v) is 2.87. The van der Waals surface area contributed by atoms with Gasteiger partial charge in [-0.2, -0.15) is 0 Å². The fourth-order valence-electron chi connectivity index (χ4n) is 2.87. The first-order valence-corrected chi connectivity index (χ1v) is 7.04. The highest BCUT2D eigenvalue weighted by Gasteiger charge is 2.35. The second kappa shape index (κ2) is 7.37. The van der Waals surface area contributed by atoms with Gasteiger partial charge >= 0.3 is 6.41 Å². The maximum atomic E-state index is 10.7. The van der Waals surface area contributed by atoms with Crippen LogP contribution in [0.1, 0.15) is 0 Å². The Bertz CT molecular complexity index is 469. The Labute approximate surface area is 125 Å². The lowest BCUT2D eigenvalue weighted by atomic mass is 10.1. The average molecular weight is 291 g/mol. The number of hydrogen-bond donors (Lipinski definition) is 4. The minimum Gasteiger partial charge on any atom is -0.350 e. The number of amides is 1. The van der Waals surface area contributed by atoms with Gasteiger partial charge in [0.1, 0.15) is 12.3 Å². The Kier molecular flexibility index (Phi) is 5.51. The molecule has 2 rings (SSSR count). The first-order chi connectivity index (χ1) is 10.3. The van der Waals surface area contributed by atoms with Crippen molar-refractivity contribution in [3.8, 4) is 0 Å². The van der Waals surface area contributed by atoms with E-state index in [2.05, 4.69) is 31.3 Å². The normalized spacial score (nSPS) is 23.1. The summed E-state index contributed by atoms with van der Waals surface area (Å²) in [6.45, 7) is 1.70. The van der Waals surface area contributed by atoms with E-state index in [9.17, 15) is 4.79 Å². The standard InChI is InChI=1S/C14H23N6O/c1-15-13-14(16-2)20(17-3)9-8-19(13)12-7-5-4-6-11(12)18-10-21/h4-7,13-17H,8-9H2,1-3H3,(H,18,21). The predicted molar refractivity (Wildman–Crippen MR) is 84.6 cm³/mol. The summed E-state index contributed by atoms with van der Waals surface area (Å²) in [5.41, 5.74) is 4.95. The molecule has 1 heterocycles. The highest BCUT2D eigenvalue weighted by atomic mass is 16.1. The van der Waals surface area contributed by atoms with Crippen LogP contribution in [0.2, 0.25) is 0 Å². The molecule has 1 radical (unpaired) electrons. The van der Waals surface area contributed by atoms with E-state index in [4.69, 9.17) is 0 Å². The molecule has 0 spiro atoms. The van der Waals surface area contributed by atoms with E-state index >= 15 is 0 Å². The third-order valence-electron chi connectivity index (χ3n) is 3.83. The third kappa shape index (κ3) is 3.16. The molecule has 2 atom stereocenters. The molecule has 1 amide bonds. The number of carbonyl (C=O) groups excluding carboxylic acids is 1. The summed E-state index contributed by atoms with van der Waals surface area (Å²) < 4.78 is 0. The van der Waals surface area contributed by atoms with E-state index < -0.39 is 0 Å². The Hall–Kier alpha value is -1.67. The molecule has 0 saturated carbocycles. The molecule has 7 heteroatoms. The maximum absolute atomic E-state index is 10.7. The third-order valence-corrected chi connectivity index (χ3v) is 3.83. The van der Waals surface area contributed by atoms with Crippen LogP contribution in [0.25, 0.3) is 0 Å². The Morgan fingerprint density at radius 2 is 1.81 bits per heavy atom. The van der Waals surface area contributed by atoms with Gasteiger partial charge in [-0.15, -0.1) is 0 Å². The van der Waals surface area contributed by atoms with Gasteiger partial charge in [-0.05, 0) is 33.3 Å². The Morgan fingerprint density at radius 3 is 2.43 bits per heavy atom. The zero-order valence-corrected chi connectivity index (χ0v) is 12.7. The van der Waals surface area contributed by atoms with E-state index in [0.717, 1.165) is 24.5 Å². The topological polar surface area (TPSA) is 71.7 Å². The van der Waals surface area contributed by atoms with Crippen LogP contribution in [0.3, 0.4) is 0 Å². The molecule has 1 aromatic rings. The van der Waals surface area contributed by atoms with Gasteiger partial charge in [-0.1, -0.05) is 12.1 Å². The van der Waals surface area contributed by atoms with Crippen LogP contribution in [0.4, 0.5) is 11.4 Å². The Balaban J connectivity index is 2.32. The van der Waals surface area contributed by atoms with Crippen molar-refractivity contribution < 1.29 is 4.79 Å². The molecule has 0 aromatic heterocycles. The lowest BCUT2D eigenvalue weighted by Gasteiger charge is -2.48. The molecule has 1 aliphatic heterocycles. The van der Waals surface area contributed by atoms with Crippen molar-refractivity contribution in [2.45, 2.75) is 12.3 Å². The molecule has 4 N–H and O–H groups in total. The highest BCUT2D eigenvalue weighted by Crippen LogP contribution is 2.28. The zero-order chi connectivity index (χ0) is 15.2. The van der Waals surface area contributed by atoms with Gasteiger partial charge in [-0.25, -0.2) is 5.01 Å². The molecule has 1 saturated heterocycles. The molecule has 21 heavy (non-hydrogen) atoms. The summed E-state index contributed by atoms with van der Waals surface area (Å²) in [5.74, 6) is 0. The lowest BCUT2D eigenvalue weighted by molar-refractivity contribution is 0.0657. The van der Waals surface area contributed by atoms with Crippen LogP contribution in [0.15, 0.2) is 24.3 Å². The van der Waals surface area contributed by atoms with Gasteiger partial charge in [0.05, 0.1) is 11.4 Å². The van der Waals surface area contributed by atoms with Crippen molar-refractivity contribution in [1.29, 1.82) is 0 Å². The number of para-hydroxylation sites is 2. The molecular weight excluding hydrogens is 268 g/mol. The van der Waals surface area contributed by atoms with E-state index in [0.29, 0.717) is 0 Å². The molecule has 0 bridgehead atoms. The summed E-state index contributed by atoms with van der Waals surface area (Å²) in [6.07, 6.45) is 1.92. The second-order valence-electron chi connectivity index (χ2n) is 4.82. The first kappa shape index (κ1) is 15.7. The van der Waals surface area contributed by atoms with Crippen molar-refractivity contribution in [2.24, 2.45) is 0 Å². The predicted octanol–water partition coefficient (Wildman–Crippen LogP) is -0.487. The molecule has 1 aromatic carbocycles. The van der Waals surface area contributed by atoms with E-state index in [1.807, 2.05) is 45.4 Å². The Morgan fingerprint density at radius 1 is 1.10 bits per heavy atom. The first-order valence-electron chi connectivity index (χ1n) is 7.04. The fraction of sp³-hybridized carbons (Fsp3) is 0.500. The number of anilines is 2. The second-order valence-corrected chi connectivity index (χ2v) is 4.82. The number of benzene rings is 1. The quantitative estimate of drug-likeness (QED) is 0.530. The largest absolute Gasteiger partial charge is 0.350 e. The number of likely N-dealkylation sites (N-methyl/N-ethyl adjacent to an activating group) is 2. The van der Waals surface area contributed by atoms with Crippen LogP contribution < -0.4 is 26.3 Å². The number of rotatable bonds is 6. The van der Waals surface area contributed by atoms with E-state index in [1.54, 1.807) is 6.41 Å². The molecule has 0 aliphatic carbocycles. The highest BCUT2D eigenvalue weighted by molar-refractivity contribution is 5.81. The van der Waals surface area contributed by atoms with Crippen molar-refractivity contribution in [3.05, 3.63) is 24.3 Å². The number of nitrogens with one attached hydrogen (secondary N) is 4. The smallest absolute Gasteiger partial charge is 0.314 e. The lowest BCUT2D eigenvalue weighted by Crippen LogP contribution is -2.70. The van der Waals surface area contributed by atoms with E-state index in [-0.39, 0.29) is 12.3 Å². The SMILES string of the molecule is CNC1C(NC)N(c2ccccc2N[C]=O)CCN1NC. The molecule has 2 unspecified atom stereocenters. The van der Waals surface area contributed by atoms with Crippen molar-refractivity contribution in [2.75, 3.05) is 44.4 Å². The van der Waals surface area contributed by atoms with Crippen molar-refractivity contribution >= 4 is 17.8 Å². The minimum atomic E-state index is 0.0609. The molecule has 115 valence electrons. The zero-order valence-electron chi connectivity index (χ0n) is 12.7. The number of hydrazine groups is 1. The number of piperazine rings is 1. The molecular formula is C14H23N6O. The van der Waals surface area contributed by atoms with Crippen LogP contribution >= 0.6 is 0 Å². The number of hydrogen-bond acceptors (Lipinski definition) is 6. The molecule has 1 aliphatic rings. The summed E-state index contributed by atoms with van der Waals surface area (Å²) >= 11 is 0. The molecule has 7 nitrogen and oxygen atoms in total. The van der Waals surface area contributed by atoms with Gasteiger partial charge in [0, 0.05) is 13.1 Å². The van der Waals surface area contributed by atoms with Gasteiger partial charge in [-0.3, -0.25) is 15.5 Å². The van der Waals surface area contributed by atoms with Crippen LogP contribution in [-0.4, -0.2) is 58.0 Å². The molecule has 1 fully saturated rings. The van der Waals surface area contributed by atoms with Crippen LogP contribution in [0.5, 0.6) is 0 Å². The van der Waals surface area contributed by atoms with Crippen molar-refractivity contribution in [3.63, 3.8) is 0 Å². The van der Waals surface area contributed by atoms with Crippen molar-refractivity contribution in [1.82, 2.24) is 21.1 Å². The average Bonchev–Trinajstić information content (AvgIpc) is 2.54. The maximum Gasteiger partial charge on any atom is 0.314 e. The van der Waals surface area contributed by atoms with Crippen LogP contribution in [0, 0.1) is 0 Å². The summed E-state index contributed by atoms with van der Waals surface area (Å²) in [4.78, 5) is 12.9. The van der Waals surface area contributed by atoms with Gasteiger partial charge in [0.15, 0.2) is 0 Å². The monoisotopic (exact) mass is 291 g/mol. The van der Waals surface area contributed by atoms with Gasteiger partial charge in [0.2, 0.25) is 0 Å². The van der Waals surface area contributed by atoms with Crippen LogP contribution in [-0.2, 0) is 4.79 Å². The number of nitrogens with zero attached hydrogens (tertiary/aromatic N) is 2. The minimum absolute atomic E-state index is 0.0609. The van der Waals surface area contributed by atoms with E-state index in [1.165, 1.54) is 0 Å². The summed E-state index contributed by atoms with van der Waals surface area (Å²) in [6, 6.07) is 7.76. The summed E-state index contributed by atoms with van der Waals surface area (Å²) in [7, 11) is 5.79.